The number of piperazine rings is 1. The lowest BCUT2D eigenvalue weighted by molar-refractivity contribution is -0.131. The zero-order valence-corrected chi connectivity index (χ0v) is 14.1. The van der Waals surface area contributed by atoms with Crippen molar-refractivity contribution in [2.24, 2.45) is 0 Å². The Morgan fingerprint density at radius 1 is 1.04 bits per heavy atom. The molecule has 3 heterocycles. The Morgan fingerprint density at radius 3 is 2.60 bits per heavy atom. The molecule has 0 unspecified atom stereocenters. The maximum absolute atomic E-state index is 12.5. The van der Waals surface area contributed by atoms with E-state index in [1.54, 1.807) is 6.20 Å². The number of fused-ring (bicyclic) bond motifs is 1. The van der Waals surface area contributed by atoms with Gasteiger partial charge in [0.15, 0.2) is 0 Å². The first-order valence-electron chi connectivity index (χ1n) is 8.67. The number of nitrogens with zero attached hydrogens (tertiary/aromatic N) is 4. The number of aromatic nitrogens is 3. The molecule has 0 saturated carbocycles. The van der Waals surface area contributed by atoms with Crippen molar-refractivity contribution in [2.75, 3.05) is 31.1 Å². The molecule has 1 amide bonds. The fourth-order valence-corrected chi connectivity index (χ4v) is 3.23. The van der Waals surface area contributed by atoms with E-state index in [1.165, 1.54) is 0 Å². The van der Waals surface area contributed by atoms with Gasteiger partial charge in [-0.15, -0.1) is 0 Å². The second kappa shape index (κ2) is 6.93. The van der Waals surface area contributed by atoms with Crippen LogP contribution in [-0.4, -0.2) is 51.9 Å². The molecule has 0 bridgehead atoms. The SMILES string of the molecule is O=C(CCc1nc2ccccc2[nH]1)N1CCN(c2ccccn2)CC1. The monoisotopic (exact) mass is 335 g/mol. The van der Waals surface area contributed by atoms with Crippen LogP contribution < -0.4 is 4.90 Å². The van der Waals surface area contributed by atoms with Crippen molar-refractivity contribution in [1.82, 2.24) is 19.9 Å². The van der Waals surface area contributed by atoms with Crippen LogP contribution in [0.5, 0.6) is 0 Å². The number of anilines is 1. The molecule has 0 spiro atoms. The van der Waals surface area contributed by atoms with Gasteiger partial charge in [-0.2, -0.15) is 0 Å². The summed E-state index contributed by atoms with van der Waals surface area (Å²) in [4.78, 5) is 28.9. The van der Waals surface area contributed by atoms with Gasteiger partial charge >= 0.3 is 0 Å². The average Bonchev–Trinajstić information content (AvgIpc) is 3.10. The van der Waals surface area contributed by atoms with Crippen molar-refractivity contribution in [3.8, 4) is 0 Å². The van der Waals surface area contributed by atoms with Gasteiger partial charge in [0.1, 0.15) is 11.6 Å². The van der Waals surface area contributed by atoms with Crippen molar-refractivity contribution in [3.63, 3.8) is 0 Å². The van der Waals surface area contributed by atoms with Crippen LogP contribution in [0.1, 0.15) is 12.2 Å². The molecule has 1 aliphatic rings. The summed E-state index contributed by atoms with van der Waals surface area (Å²) in [6.07, 6.45) is 2.94. The number of amides is 1. The molecule has 1 N–H and O–H groups in total. The number of hydrogen-bond acceptors (Lipinski definition) is 4. The zero-order valence-electron chi connectivity index (χ0n) is 14.1. The van der Waals surface area contributed by atoms with Gasteiger partial charge in [-0.3, -0.25) is 4.79 Å². The smallest absolute Gasteiger partial charge is 0.223 e. The van der Waals surface area contributed by atoms with E-state index in [9.17, 15) is 4.79 Å². The molecule has 1 saturated heterocycles. The number of aromatic amines is 1. The normalized spacial score (nSPS) is 14.9. The number of pyridine rings is 1. The number of H-pyrrole nitrogens is 1. The zero-order chi connectivity index (χ0) is 17.1. The van der Waals surface area contributed by atoms with Gasteiger partial charge in [0.2, 0.25) is 5.91 Å². The Balaban J connectivity index is 1.30. The van der Waals surface area contributed by atoms with Crippen LogP contribution in [-0.2, 0) is 11.2 Å². The minimum Gasteiger partial charge on any atom is -0.353 e. The Bertz CT molecular complexity index is 819. The molecule has 3 aromatic rings. The fourth-order valence-electron chi connectivity index (χ4n) is 3.23. The highest BCUT2D eigenvalue weighted by molar-refractivity contribution is 5.77. The van der Waals surface area contributed by atoms with E-state index >= 15 is 0 Å². The third-order valence-corrected chi connectivity index (χ3v) is 4.62. The number of para-hydroxylation sites is 2. The lowest BCUT2D eigenvalue weighted by Gasteiger charge is -2.35. The topological polar surface area (TPSA) is 65.1 Å². The highest BCUT2D eigenvalue weighted by Crippen LogP contribution is 2.15. The Hall–Kier alpha value is -2.89. The van der Waals surface area contributed by atoms with Crippen LogP contribution in [0.15, 0.2) is 48.7 Å². The molecule has 2 aromatic heterocycles. The highest BCUT2D eigenvalue weighted by Gasteiger charge is 2.21. The van der Waals surface area contributed by atoms with E-state index in [-0.39, 0.29) is 5.91 Å². The number of hydrogen-bond donors (Lipinski definition) is 1. The Morgan fingerprint density at radius 2 is 1.84 bits per heavy atom. The average molecular weight is 335 g/mol. The number of rotatable bonds is 4. The van der Waals surface area contributed by atoms with Crippen molar-refractivity contribution in [1.29, 1.82) is 0 Å². The second-order valence-corrected chi connectivity index (χ2v) is 6.26. The highest BCUT2D eigenvalue weighted by atomic mass is 16.2. The summed E-state index contributed by atoms with van der Waals surface area (Å²) < 4.78 is 0. The quantitative estimate of drug-likeness (QED) is 0.794. The van der Waals surface area contributed by atoms with Gasteiger partial charge in [0.25, 0.3) is 0 Å². The van der Waals surface area contributed by atoms with E-state index < -0.39 is 0 Å². The number of carbonyl (C=O) groups excluding carboxylic acids is 1. The number of aryl methyl sites for hydroxylation is 1. The standard InChI is InChI=1S/C19H21N5O/c25-19(9-8-17-21-15-5-1-2-6-16(15)22-17)24-13-11-23(12-14-24)18-7-3-4-10-20-18/h1-7,10H,8-9,11-14H2,(H,21,22). The summed E-state index contributed by atoms with van der Waals surface area (Å²) in [5, 5.41) is 0. The van der Waals surface area contributed by atoms with Crippen LogP contribution >= 0.6 is 0 Å². The molecule has 0 aliphatic carbocycles. The summed E-state index contributed by atoms with van der Waals surface area (Å²) in [6, 6.07) is 13.9. The Kier molecular flexibility index (Phi) is 4.33. The van der Waals surface area contributed by atoms with Gasteiger partial charge in [-0.1, -0.05) is 18.2 Å². The summed E-state index contributed by atoms with van der Waals surface area (Å²) >= 11 is 0. The molecule has 1 fully saturated rings. The lowest BCUT2D eigenvalue weighted by atomic mass is 10.2. The van der Waals surface area contributed by atoms with Crippen molar-refractivity contribution in [3.05, 3.63) is 54.5 Å². The van der Waals surface area contributed by atoms with Gasteiger partial charge in [-0.05, 0) is 24.3 Å². The third kappa shape index (κ3) is 3.47. The number of nitrogens with one attached hydrogen (secondary N) is 1. The minimum absolute atomic E-state index is 0.195. The largest absolute Gasteiger partial charge is 0.353 e. The summed E-state index contributed by atoms with van der Waals surface area (Å²) in [5.41, 5.74) is 1.97. The number of imidazole rings is 1. The molecule has 25 heavy (non-hydrogen) atoms. The fraction of sp³-hybridized carbons (Fsp3) is 0.316. The van der Waals surface area contributed by atoms with E-state index in [2.05, 4.69) is 19.9 Å². The first-order chi connectivity index (χ1) is 12.3. The van der Waals surface area contributed by atoms with Gasteiger partial charge in [0.05, 0.1) is 11.0 Å². The third-order valence-electron chi connectivity index (χ3n) is 4.62. The maximum Gasteiger partial charge on any atom is 0.223 e. The van der Waals surface area contributed by atoms with Gasteiger partial charge in [-0.25, -0.2) is 9.97 Å². The molecule has 6 nitrogen and oxygen atoms in total. The molecular weight excluding hydrogens is 314 g/mol. The molecule has 4 rings (SSSR count). The minimum atomic E-state index is 0.195. The summed E-state index contributed by atoms with van der Waals surface area (Å²) in [6.45, 7) is 3.14. The second-order valence-electron chi connectivity index (χ2n) is 6.26. The summed E-state index contributed by atoms with van der Waals surface area (Å²) in [7, 11) is 0. The first-order valence-corrected chi connectivity index (χ1v) is 8.67. The Labute approximate surface area is 146 Å². The molecule has 0 atom stereocenters. The van der Waals surface area contributed by atoms with Crippen LogP contribution in [0.25, 0.3) is 11.0 Å². The number of carbonyl (C=O) groups is 1. The maximum atomic E-state index is 12.5. The van der Waals surface area contributed by atoms with Gasteiger partial charge in [0, 0.05) is 45.2 Å². The molecule has 6 heteroatoms. The van der Waals surface area contributed by atoms with Crippen LogP contribution in [0, 0.1) is 0 Å². The van der Waals surface area contributed by atoms with Crippen LogP contribution in [0.4, 0.5) is 5.82 Å². The van der Waals surface area contributed by atoms with Crippen molar-refractivity contribution in [2.45, 2.75) is 12.8 Å². The molecule has 1 aliphatic heterocycles. The first kappa shape index (κ1) is 15.6. The van der Waals surface area contributed by atoms with E-state index in [4.69, 9.17) is 0 Å². The number of benzene rings is 1. The summed E-state index contributed by atoms with van der Waals surface area (Å²) in [5.74, 6) is 2.06. The lowest BCUT2D eigenvalue weighted by Crippen LogP contribution is -2.49. The van der Waals surface area contributed by atoms with Crippen LogP contribution in [0.2, 0.25) is 0 Å². The molecule has 0 radical (unpaired) electrons. The predicted molar refractivity (Wildman–Crippen MR) is 97.4 cm³/mol. The van der Waals surface area contributed by atoms with Crippen LogP contribution in [0.3, 0.4) is 0 Å². The molecule has 1 aromatic carbocycles. The van der Waals surface area contributed by atoms with E-state index in [1.807, 2.05) is 47.4 Å². The molecule has 128 valence electrons. The van der Waals surface area contributed by atoms with Crippen molar-refractivity contribution < 1.29 is 4.79 Å². The van der Waals surface area contributed by atoms with Crippen molar-refractivity contribution >= 4 is 22.8 Å². The van der Waals surface area contributed by atoms with E-state index in [0.29, 0.717) is 12.8 Å². The predicted octanol–water partition coefficient (Wildman–Crippen LogP) is 2.24. The van der Waals surface area contributed by atoms with Gasteiger partial charge < -0.3 is 14.8 Å². The molecular formula is C19H21N5O. The van der Waals surface area contributed by atoms with E-state index in [0.717, 1.165) is 48.9 Å².